The topological polar surface area (TPSA) is 51.1 Å². The lowest BCUT2D eigenvalue weighted by Gasteiger charge is -2.26. The molecule has 1 heterocycles. The van der Waals surface area contributed by atoms with Gasteiger partial charge in [0, 0.05) is 12.8 Å². The number of nitrogens with zero attached hydrogens (tertiary/aromatic N) is 2. The van der Waals surface area contributed by atoms with Crippen LogP contribution in [-0.4, -0.2) is 32.1 Å². The van der Waals surface area contributed by atoms with Crippen LogP contribution in [0.15, 0.2) is 35.4 Å². The third kappa shape index (κ3) is 2.76. The summed E-state index contributed by atoms with van der Waals surface area (Å²) in [5.74, 6) is -0.339. The van der Waals surface area contributed by atoms with Gasteiger partial charge in [-0.1, -0.05) is 18.2 Å². The minimum Gasteiger partial charge on any atom is -0.469 e. The van der Waals surface area contributed by atoms with E-state index in [1.165, 1.54) is 7.11 Å². The number of anilines is 1. The molecule has 1 aliphatic rings. The fraction of sp³-hybridized carbons (Fsp3) is 0.429. The third-order valence-corrected chi connectivity index (χ3v) is 3.26. The molecular formula is C14H18N2O3. The molecule has 2 atom stereocenters. The lowest BCUT2D eigenvalue weighted by molar-refractivity contribution is -0.142. The molecule has 2 rings (SSSR count). The van der Waals surface area contributed by atoms with Crippen molar-refractivity contribution in [3.63, 3.8) is 0 Å². The molecule has 0 bridgehead atoms. The quantitative estimate of drug-likeness (QED) is 0.779. The van der Waals surface area contributed by atoms with E-state index in [1.807, 2.05) is 42.3 Å². The van der Waals surface area contributed by atoms with Gasteiger partial charge in [0.1, 0.15) is 0 Å². The SMILES string of the molecule is COC(=O)CC1C(C)=NN(c2ccccc2)C1OC. The first-order valence-corrected chi connectivity index (χ1v) is 6.16. The van der Waals surface area contributed by atoms with E-state index < -0.39 is 0 Å². The number of ether oxygens (including phenoxy) is 2. The minimum absolute atomic E-state index is 0.0855. The molecule has 0 radical (unpaired) electrons. The Kier molecular flexibility index (Phi) is 4.16. The molecule has 0 aromatic heterocycles. The summed E-state index contributed by atoms with van der Waals surface area (Å²) in [4.78, 5) is 11.5. The van der Waals surface area contributed by atoms with Crippen molar-refractivity contribution in [2.75, 3.05) is 19.2 Å². The average molecular weight is 262 g/mol. The Hall–Kier alpha value is -1.88. The van der Waals surface area contributed by atoms with Crippen molar-refractivity contribution in [1.29, 1.82) is 0 Å². The predicted molar refractivity (Wildman–Crippen MR) is 73.0 cm³/mol. The zero-order chi connectivity index (χ0) is 13.8. The molecule has 2 unspecified atom stereocenters. The van der Waals surface area contributed by atoms with Gasteiger partial charge in [0.25, 0.3) is 0 Å². The average Bonchev–Trinajstić information content (AvgIpc) is 2.76. The smallest absolute Gasteiger partial charge is 0.306 e. The Morgan fingerprint density at radius 1 is 1.32 bits per heavy atom. The van der Waals surface area contributed by atoms with E-state index in [2.05, 4.69) is 5.10 Å². The summed E-state index contributed by atoms with van der Waals surface area (Å²) in [6.07, 6.45) is -0.00489. The first-order valence-electron chi connectivity index (χ1n) is 6.16. The van der Waals surface area contributed by atoms with Gasteiger partial charge in [0.05, 0.1) is 25.1 Å². The van der Waals surface area contributed by atoms with Crippen molar-refractivity contribution < 1.29 is 14.3 Å². The van der Waals surface area contributed by atoms with Crippen molar-refractivity contribution in [2.45, 2.75) is 19.6 Å². The van der Waals surface area contributed by atoms with Crippen LogP contribution in [0.25, 0.3) is 0 Å². The van der Waals surface area contributed by atoms with Crippen LogP contribution < -0.4 is 5.01 Å². The number of methoxy groups -OCH3 is 2. The molecule has 5 nitrogen and oxygen atoms in total. The van der Waals surface area contributed by atoms with Gasteiger partial charge >= 0.3 is 5.97 Å². The molecule has 1 aromatic rings. The van der Waals surface area contributed by atoms with Crippen LogP contribution in [0.2, 0.25) is 0 Å². The second kappa shape index (κ2) is 5.84. The molecule has 0 N–H and O–H groups in total. The Labute approximate surface area is 112 Å². The minimum atomic E-state index is -0.276. The first-order chi connectivity index (χ1) is 9.17. The maximum atomic E-state index is 11.5. The fourth-order valence-corrected chi connectivity index (χ4v) is 2.24. The summed E-state index contributed by atoms with van der Waals surface area (Å²) in [7, 11) is 3.01. The highest BCUT2D eigenvalue weighted by Crippen LogP contribution is 2.30. The van der Waals surface area contributed by atoms with Crippen molar-refractivity contribution in [2.24, 2.45) is 11.0 Å². The van der Waals surface area contributed by atoms with Gasteiger partial charge in [-0.3, -0.25) is 4.79 Å². The van der Waals surface area contributed by atoms with E-state index in [0.717, 1.165) is 11.4 Å². The van der Waals surface area contributed by atoms with E-state index in [0.29, 0.717) is 0 Å². The number of rotatable bonds is 4. The van der Waals surface area contributed by atoms with E-state index in [-0.39, 0.29) is 24.5 Å². The highest BCUT2D eigenvalue weighted by molar-refractivity contribution is 5.91. The maximum absolute atomic E-state index is 11.5. The van der Waals surface area contributed by atoms with Crippen molar-refractivity contribution in [3.8, 4) is 0 Å². The Balaban J connectivity index is 2.22. The van der Waals surface area contributed by atoms with Gasteiger partial charge in [0.2, 0.25) is 0 Å². The molecule has 0 aliphatic carbocycles. The Morgan fingerprint density at radius 3 is 2.58 bits per heavy atom. The second-order valence-corrected chi connectivity index (χ2v) is 4.43. The van der Waals surface area contributed by atoms with Crippen molar-refractivity contribution >= 4 is 17.4 Å². The molecule has 1 aromatic carbocycles. The largest absolute Gasteiger partial charge is 0.469 e. The predicted octanol–water partition coefficient (Wildman–Crippen LogP) is 2.03. The van der Waals surface area contributed by atoms with Crippen LogP contribution in [0.4, 0.5) is 5.69 Å². The molecule has 5 heteroatoms. The lowest BCUT2D eigenvalue weighted by Crippen LogP contribution is -2.36. The summed E-state index contributed by atoms with van der Waals surface area (Å²) in [5, 5.41) is 6.31. The Morgan fingerprint density at radius 2 is 2.00 bits per heavy atom. The van der Waals surface area contributed by atoms with Crippen LogP contribution in [0, 0.1) is 5.92 Å². The normalized spacial score (nSPS) is 22.3. The van der Waals surface area contributed by atoms with E-state index in [1.54, 1.807) is 7.11 Å². The van der Waals surface area contributed by atoms with Gasteiger partial charge in [-0.25, -0.2) is 5.01 Å². The molecule has 19 heavy (non-hydrogen) atoms. The van der Waals surface area contributed by atoms with Crippen LogP contribution in [-0.2, 0) is 14.3 Å². The van der Waals surface area contributed by atoms with Crippen LogP contribution >= 0.6 is 0 Å². The van der Waals surface area contributed by atoms with Crippen LogP contribution in [0.5, 0.6) is 0 Å². The van der Waals surface area contributed by atoms with Crippen molar-refractivity contribution in [1.82, 2.24) is 0 Å². The molecule has 0 saturated carbocycles. The first kappa shape index (κ1) is 13.5. The molecule has 0 fully saturated rings. The van der Waals surface area contributed by atoms with Gasteiger partial charge in [-0.15, -0.1) is 0 Å². The molecule has 0 spiro atoms. The zero-order valence-electron chi connectivity index (χ0n) is 11.4. The fourth-order valence-electron chi connectivity index (χ4n) is 2.24. The number of hydrogen-bond donors (Lipinski definition) is 0. The number of para-hydroxylation sites is 1. The summed E-state index contributed by atoms with van der Waals surface area (Å²) in [6, 6.07) is 9.76. The lowest BCUT2D eigenvalue weighted by atomic mass is 9.99. The number of hydrogen-bond acceptors (Lipinski definition) is 5. The highest BCUT2D eigenvalue weighted by atomic mass is 16.5. The van der Waals surface area contributed by atoms with Crippen LogP contribution in [0.1, 0.15) is 13.3 Å². The number of carbonyl (C=O) groups is 1. The monoisotopic (exact) mass is 262 g/mol. The van der Waals surface area contributed by atoms with Gasteiger partial charge < -0.3 is 9.47 Å². The maximum Gasteiger partial charge on any atom is 0.306 e. The summed E-state index contributed by atoms with van der Waals surface area (Å²) < 4.78 is 10.2. The third-order valence-electron chi connectivity index (χ3n) is 3.26. The molecular weight excluding hydrogens is 244 g/mol. The second-order valence-electron chi connectivity index (χ2n) is 4.43. The molecule has 0 amide bonds. The van der Waals surface area contributed by atoms with E-state index in [9.17, 15) is 4.79 Å². The zero-order valence-corrected chi connectivity index (χ0v) is 11.4. The number of benzene rings is 1. The number of esters is 1. The molecule has 102 valence electrons. The Bertz CT molecular complexity index is 473. The summed E-state index contributed by atoms with van der Waals surface area (Å²) in [5.41, 5.74) is 1.82. The van der Waals surface area contributed by atoms with Gasteiger partial charge in [-0.2, -0.15) is 5.10 Å². The van der Waals surface area contributed by atoms with Crippen LogP contribution in [0.3, 0.4) is 0 Å². The van der Waals surface area contributed by atoms with E-state index in [4.69, 9.17) is 9.47 Å². The number of hydrazone groups is 1. The summed E-state index contributed by atoms with van der Waals surface area (Å²) in [6.45, 7) is 1.91. The van der Waals surface area contributed by atoms with E-state index >= 15 is 0 Å². The molecule has 0 saturated heterocycles. The standard InChI is InChI=1S/C14H18N2O3/c1-10-12(9-13(17)18-2)14(19-3)16(15-10)11-7-5-4-6-8-11/h4-8,12,14H,9H2,1-3H3. The molecule has 1 aliphatic heterocycles. The number of carbonyl (C=O) groups excluding carboxylic acids is 1. The highest BCUT2D eigenvalue weighted by Gasteiger charge is 2.37. The van der Waals surface area contributed by atoms with Crippen molar-refractivity contribution in [3.05, 3.63) is 30.3 Å². The van der Waals surface area contributed by atoms with Gasteiger partial charge in [-0.05, 0) is 19.1 Å². The van der Waals surface area contributed by atoms with Gasteiger partial charge in [0.15, 0.2) is 6.23 Å². The summed E-state index contributed by atoms with van der Waals surface area (Å²) >= 11 is 0.